The highest BCUT2D eigenvalue weighted by molar-refractivity contribution is 7.88. The van der Waals surface area contributed by atoms with Gasteiger partial charge in [-0.3, -0.25) is 0 Å². The maximum Gasteiger partial charge on any atom is 0.320 e. The van der Waals surface area contributed by atoms with E-state index in [2.05, 4.69) is 9.54 Å². The lowest BCUT2D eigenvalue weighted by molar-refractivity contribution is 0.0676. The van der Waals surface area contributed by atoms with Crippen LogP contribution in [0.4, 0.5) is 0 Å². The minimum absolute atomic E-state index is 0.0780. The molecule has 0 aromatic carbocycles. The van der Waals surface area contributed by atoms with E-state index < -0.39 is 10.2 Å². The van der Waals surface area contributed by atoms with Crippen LogP contribution in [0.5, 0.6) is 0 Å². The molecule has 8 heteroatoms. The van der Waals surface area contributed by atoms with E-state index in [9.17, 15) is 8.42 Å². The number of hydrogen-bond acceptors (Lipinski definition) is 3. The Hall–Kier alpha value is -0.860. The predicted molar refractivity (Wildman–Crippen MR) is 47.1 cm³/mol. The summed E-state index contributed by atoms with van der Waals surface area (Å²) in [6.07, 6.45) is 0. The van der Waals surface area contributed by atoms with Gasteiger partial charge in [0, 0.05) is 13.1 Å². The first kappa shape index (κ1) is 10.2. The average molecular weight is 208 g/mol. The fourth-order valence-electron chi connectivity index (χ4n) is 0.981. The maximum atomic E-state index is 10.5. The molecule has 0 aromatic rings. The summed E-state index contributed by atoms with van der Waals surface area (Å²) < 4.78 is 29.3. The molecule has 0 unspecified atom stereocenters. The largest absolute Gasteiger partial charge is 0.378 e. The summed E-state index contributed by atoms with van der Waals surface area (Å²) in [5, 5.41) is 4.69. The molecule has 1 aliphatic rings. The van der Waals surface area contributed by atoms with Crippen LogP contribution in [0.2, 0.25) is 0 Å². The Bertz CT molecular complexity index is 293. The van der Waals surface area contributed by atoms with Gasteiger partial charge in [0.25, 0.3) is 0 Å². The zero-order valence-corrected chi connectivity index (χ0v) is 7.83. The molecule has 76 valence electrons. The standard InChI is InChI=1S/C5H12N4O3S/c6-5(8-13(7,10)11)9-1-3-12-4-2-9/h1-4H2,(H2,6,8)(H2,7,10,11). The summed E-state index contributed by atoms with van der Waals surface area (Å²) in [7, 11) is -3.89. The van der Waals surface area contributed by atoms with Crippen LogP contribution in [-0.2, 0) is 14.9 Å². The Labute approximate surface area is 76.5 Å². The van der Waals surface area contributed by atoms with E-state index in [-0.39, 0.29) is 5.96 Å². The molecule has 0 atom stereocenters. The van der Waals surface area contributed by atoms with Crippen molar-refractivity contribution in [3.05, 3.63) is 0 Å². The molecule has 0 radical (unpaired) electrons. The lowest BCUT2D eigenvalue weighted by Gasteiger charge is -2.27. The van der Waals surface area contributed by atoms with E-state index in [0.717, 1.165) is 0 Å². The Kier molecular flexibility index (Phi) is 3.07. The van der Waals surface area contributed by atoms with Gasteiger partial charge in [-0.2, -0.15) is 8.42 Å². The third-order valence-corrected chi connectivity index (χ3v) is 2.00. The molecular weight excluding hydrogens is 196 g/mol. The van der Waals surface area contributed by atoms with Gasteiger partial charge in [0.2, 0.25) is 5.96 Å². The van der Waals surface area contributed by atoms with Gasteiger partial charge in [-0.05, 0) is 0 Å². The minimum atomic E-state index is -3.89. The number of rotatable bonds is 1. The molecule has 0 spiro atoms. The average Bonchev–Trinajstić information content (AvgIpc) is 2.03. The molecule has 7 nitrogen and oxygen atoms in total. The summed E-state index contributed by atoms with van der Waals surface area (Å²) in [5.41, 5.74) is 5.40. The van der Waals surface area contributed by atoms with E-state index in [0.29, 0.717) is 26.3 Å². The highest BCUT2D eigenvalue weighted by Gasteiger charge is 2.13. The molecule has 1 aliphatic heterocycles. The quantitative estimate of drug-likeness (QED) is 0.376. The zero-order valence-electron chi connectivity index (χ0n) is 7.01. The van der Waals surface area contributed by atoms with Crippen LogP contribution in [0.15, 0.2) is 4.40 Å². The van der Waals surface area contributed by atoms with E-state index in [1.54, 1.807) is 4.90 Å². The first-order valence-corrected chi connectivity index (χ1v) is 5.20. The molecule has 13 heavy (non-hydrogen) atoms. The van der Waals surface area contributed by atoms with Crippen molar-refractivity contribution in [1.82, 2.24) is 4.90 Å². The van der Waals surface area contributed by atoms with Crippen LogP contribution < -0.4 is 10.9 Å². The number of nitrogens with two attached hydrogens (primary N) is 2. The molecule has 0 aromatic heterocycles. The molecule has 1 heterocycles. The van der Waals surface area contributed by atoms with Gasteiger partial charge in [0.05, 0.1) is 13.2 Å². The molecule has 0 amide bonds. The summed E-state index contributed by atoms with van der Waals surface area (Å²) in [6.45, 7) is 2.09. The van der Waals surface area contributed by atoms with Crippen LogP contribution in [0.3, 0.4) is 0 Å². The Morgan fingerprint density at radius 2 is 1.92 bits per heavy atom. The monoisotopic (exact) mass is 208 g/mol. The summed E-state index contributed by atoms with van der Waals surface area (Å²) in [6, 6.07) is 0. The SMILES string of the molecule is N/C(=N\S(N)(=O)=O)N1CCOCC1. The predicted octanol–water partition coefficient (Wildman–Crippen LogP) is -2.16. The number of guanidine groups is 1. The van der Waals surface area contributed by atoms with Gasteiger partial charge in [0.1, 0.15) is 0 Å². The van der Waals surface area contributed by atoms with Crippen LogP contribution in [0.25, 0.3) is 0 Å². The second-order valence-corrected chi connectivity index (χ2v) is 3.78. The van der Waals surface area contributed by atoms with Crippen molar-refractivity contribution in [1.29, 1.82) is 0 Å². The van der Waals surface area contributed by atoms with E-state index in [1.165, 1.54) is 0 Å². The van der Waals surface area contributed by atoms with E-state index in [1.807, 2.05) is 0 Å². The number of hydrogen-bond donors (Lipinski definition) is 2. The first-order chi connectivity index (χ1) is 5.99. The van der Waals surface area contributed by atoms with Crippen molar-refractivity contribution in [3.63, 3.8) is 0 Å². The van der Waals surface area contributed by atoms with E-state index >= 15 is 0 Å². The fourth-order valence-corrected chi connectivity index (χ4v) is 1.36. The van der Waals surface area contributed by atoms with Gasteiger partial charge < -0.3 is 15.4 Å². The molecule has 1 saturated heterocycles. The first-order valence-electron chi connectivity index (χ1n) is 3.70. The lowest BCUT2D eigenvalue weighted by Crippen LogP contribution is -2.45. The summed E-state index contributed by atoms with van der Waals surface area (Å²) in [4.78, 5) is 1.61. The van der Waals surface area contributed by atoms with Crippen LogP contribution in [0.1, 0.15) is 0 Å². The summed E-state index contributed by atoms with van der Waals surface area (Å²) >= 11 is 0. The Balaban J connectivity index is 2.65. The normalized spacial score (nSPS) is 20.4. The van der Waals surface area contributed by atoms with Gasteiger partial charge >= 0.3 is 10.2 Å². The maximum absolute atomic E-state index is 10.5. The number of nitrogens with zero attached hydrogens (tertiary/aromatic N) is 2. The van der Waals surface area contributed by atoms with Crippen molar-refractivity contribution in [3.8, 4) is 0 Å². The third-order valence-electron chi connectivity index (χ3n) is 1.56. The van der Waals surface area contributed by atoms with Crippen molar-refractivity contribution in [2.45, 2.75) is 0 Å². The Morgan fingerprint density at radius 1 is 1.38 bits per heavy atom. The van der Waals surface area contributed by atoms with E-state index in [4.69, 9.17) is 10.5 Å². The topological polar surface area (TPSA) is 111 Å². The van der Waals surface area contributed by atoms with Crippen LogP contribution in [-0.4, -0.2) is 45.6 Å². The highest BCUT2D eigenvalue weighted by Crippen LogP contribution is 1.96. The zero-order chi connectivity index (χ0) is 9.90. The van der Waals surface area contributed by atoms with Crippen LogP contribution >= 0.6 is 0 Å². The van der Waals surface area contributed by atoms with Gasteiger partial charge in [-0.15, -0.1) is 4.40 Å². The van der Waals surface area contributed by atoms with Gasteiger partial charge in [-0.25, -0.2) is 5.14 Å². The smallest absolute Gasteiger partial charge is 0.320 e. The molecule has 1 rings (SSSR count). The molecule has 1 fully saturated rings. The third kappa shape index (κ3) is 3.57. The second kappa shape index (κ2) is 3.90. The molecular formula is C5H12N4O3S. The van der Waals surface area contributed by atoms with Crippen molar-refractivity contribution >= 4 is 16.2 Å². The van der Waals surface area contributed by atoms with Crippen molar-refractivity contribution < 1.29 is 13.2 Å². The lowest BCUT2D eigenvalue weighted by atomic mass is 10.4. The van der Waals surface area contributed by atoms with Crippen LogP contribution in [0, 0.1) is 0 Å². The molecule has 0 saturated carbocycles. The van der Waals surface area contributed by atoms with Gasteiger partial charge in [-0.1, -0.05) is 0 Å². The summed E-state index contributed by atoms with van der Waals surface area (Å²) in [5.74, 6) is -0.0780. The second-order valence-electron chi connectivity index (χ2n) is 2.56. The number of morpholine rings is 1. The highest BCUT2D eigenvalue weighted by atomic mass is 32.2. The molecule has 0 bridgehead atoms. The Morgan fingerprint density at radius 3 is 2.38 bits per heavy atom. The fraction of sp³-hybridized carbons (Fsp3) is 0.800. The number of ether oxygens (including phenoxy) is 1. The minimum Gasteiger partial charge on any atom is -0.378 e. The molecule has 0 aliphatic carbocycles. The van der Waals surface area contributed by atoms with Crippen molar-refractivity contribution in [2.75, 3.05) is 26.3 Å². The van der Waals surface area contributed by atoms with Crippen molar-refractivity contribution in [2.24, 2.45) is 15.3 Å². The van der Waals surface area contributed by atoms with Gasteiger partial charge in [0.15, 0.2) is 0 Å². The molecule has 4 N–H and O–H groups in total.